The van der Waals surface area contributed by atoms with Crippen LogP contribution in [0.1, 0.15) is 5.56 Å². The van der Waals surface area contributed by atoms with Gasteiger partial charge in [-0.25, -0.2) is 0 Å². The van der Waals surface area contributed by atoms with E-state index in [0.29, 0.717) is 0 Å². The third kappa shape index (κ3) is 1.49. The number of rotatable bonds is 2. The highest BCUT2D eigenvalue weighted by Gasteiger charge is 2.18. The van der Waals surface area contributed by atoms with Crippen LogP contribution in [0.3, 0.4) is 0 Å². The minimum Gasteiger partial charge on any atom is -0.506 e. The Kier molecular flexibility index (Phi) is 1.51. The fourth-order valence-electron chi connectivity index (χ4n) is 0.890. The monoisotopic (exact) mass is 149 g/mol. The van der Waals surface area contributed by atoms with Crippen molar-refractivity contribution in [3.05, 3.63) is 30.6 Å². The highest BCUT2D eigenvalue weighted by Crippen LogP contribution is 2.20. The topological polar surface area (TPSA) is 36.1 Å². The van der Waals surface area contributed by atoms with Gasteiger partial charge in [0.1, 0.15) is 5.75 Å². The summed E-state index contributed by atoms with van der Waals surface area (Å²) in [5.74, 6) is 0.249. The number of hydrogen-bond acceptors (Lipinski definition) is 3. The lowest BCUT2D eigenvalue weighted by Crippen LogP contribution is -1.93. The van der Waals surface area contributed by atoms with Gasteiger partial charge in [0.15, 0.2) is 0 Å². The molecule has 3 nitrogen and oxygen atoms in total. The maximum Gasteiger partial charge on any atom is 0.138 e. The van der Waals surface area contributed by atoms with Gasteiger partial charge in [-0.3, -0.25) is 9.88 Å². The molecule has 0 atom stereocenters. The zero-order valence-corrected chi connectivity index (χ0v) is 6.07. The van der Waals surface area contributed by atoms with Crippen LogP contribution in [0.2, 0.25) is 0 Å². The van der Waals surface area contributed by atoms with Crippen LogP contribution in [0.4, 0.5) is 0 Å². The predicted molar refractivity (Wildman–Crippen MR) is 40.9 cm³/mol. The molecule has 1 aromatic heterocycles. The van der Waals surface area contributed by atoms with Gasteiger partial charge in [-0.15, -0.1) is 0 Å². The average Bonchev–Trinajstić information content (AvgIpc) is 2.78. The van der Waals surface area contributed by atoms with E-state index in [0.717, 1.165) is 18.7 Å². The van der Waals surface area contributed by atoms with E-state index in [9.17, 15) is 5.11 Å². The Balaban J connectivity index is 2.15. The normalized spacial score (nSPS) is 16.7. The number of aromatic nitrogens is 1. The Labute approximate surface area is 65.3 Å². The van der Waals surface area contributed by atoms with Crippen LogP contribution in [0.15, 0.2) is 18.5 Å². The molecule has 0 aliphatic carbocycles. The van der Waals surface area contributed by atoms with E-state index >= 15 is 0 Å². The van der Waals surface area contributed by atoms with Gasteiger partial charge in [-0.05, 0) is 6.07 Å². The molecule has 1 N–H and O–H groups in total. The fraction of sp³-hybridized carbons (Fsp3) is 0.250. The molecule has 1 radical (unpaired) electrons. The average molecular weight is 149 g/mol. The summed E-state index contributed by atoms with van der Waals surface area (Å²) in [5, 5.41) is 9.27. The number of pyridine rings is 1. The van der Waals surface area contributed by atoms with Crippen molar-refractivity contribution in [3.8, 4) is 5.75 Å². The lowest BCUT2D eigenvalue weighted by molar-refractivity contribution is 0.465. The van der Waals surface area contributed by atoms with Crippen LogP contribution >= 0.6 is 0 Å². The van der Waals surface area contributed by atoms with Gasteiger partial charge < -0.3 is 5.11 Å². The summed E-state index contributed by atoms with van der Waals surface area (Å²) in [7, 11) is 0. The molecule has 1 aromatic rings. The van der Waals surface area contributed by atoms with Gasteiger partial charge in [-0.1, -0.05) is 0 Å². The van der Waals surface area contributed by atoms with Crippen LogP contribution in [-0.2, 0) is 0 Å². The van der Waals surface area contributed by atoms with Gasteiger partial charge in [0.05, 0.1) is 12.7 Å². The standard InChI is InChI=1S/C8H9N2O/c11-8-5-9-2-1-7(8)6-10-3-4-10/h1-2,5-6,11H,3-4H2. The lowest BCUT2D eigenvalue weighted by atomic mass is 10.2. The second-order valence-electron chi connectivity index (χ2n) is 2.60. The van der Waals surface area contributed by atoms with Crippen molar-refractivity contribution in [3.63, 3.8) is 0 Å². The first-order chi connectivity index (χ1) is 5.36. The molecule has 0 aromatic carbocycles. The van der Waals surface area contributed by atoms with Crippen LogP contribution < -0.4 is 0 Å². The molecule has 1 saturated heterocycles. The summed E-state index contributed by atoms with van der Waals surface area (Å²) < 4.78 is 0. The molecule has 11 heavy (non-hydrogen) atoms. The summed E-state index contributed by atoms with van der Waals surface area (Å²) in [4.78, 5) is 5.90. The molecule has 0 spiro atoms. The molecule has 2 rings (SSSR count). The minimum absolute atomic E-state index is 0.249. The SMILES string of the molecule is Oc1cnccc1[CH]N1CC1. The van der Waals surface area contributed by atoms with E-state index in [1.54, 1.807) is 12.3 Å². The van der Waals surface area contributed by atoms with Crippen LogP contribution in [0.25, 0.3) is 0 Å². The summed E-state index contributed by atoms with van der Waals surface area (Å²) >= 11 is 0. The lowest BCUT2D eigenvalue weighted by Gasteiger charge is -2.01. The second kappa shape index (κ2) is 2.51. The van der Waals surface area contributed by atoms with Crippen molar-refractivity contribution < 1.29 is 5.11 Å². The molecule has 1 aliphatic rings. The Morgan fingerprint density at radius 1 is 1.55 bits per heavy atom. The van der Waals surface area contributed by atoms with Crippen molar-refractivity contribution in [1.29, 1.82) is 0 Å². The van der Waals surface area contributed by atoms with Gasteiger partial charge in [0.2, 0.25) is 0 Å². The molecule has 0 bridgehead atoms. The first-order valence-electron chi connectivity index (χ1n) is 3.58. The third-order valence-corrected chi connectivity index (χ3v) is 1.64. The Morgan fingerprint density at radius 2 is 2.36 bits per heavy atom. The maximum atomic E-state index is 9.27. The summed E-state index contributed by atoms with van der Waals surface area (Å²) in [6.45, 7) is 4.14. The Morgan fingerprint density at radius 3 is 3.00 bits per heavy atom. The fourth-order valence-corrected chi connectivity index (χ4v) is 0.890. The molecular weight excluding hydrogens is 140 g/mol. The Bertz CT molecular complexity index is 258. The second-order valence-corrected chi connectivity index (χ2v) is 2.60. The predicted octanol–water partition coefficient (Wildman–Crippen LogP) is 0.613. The quantitative estimate of drug-likeness (QED) is 0.626. The molecule has 1 fully saturated rings. The maximum absolute atomic E-state index is 9.27. The Hall–Kier alpha value is -1.09. The highest BCUT2D eigenvalue weighted by atomic mass is 16.3. The smallest absolute Gasteiger partial charge is 0.138 e. The van der Waals surface area contributed by atoms with Gasteiger partial charge in [0, 0.05) is 24.8 Å². The zero-order valence-electron chi connectivity index (χ0n) is 6.07. The minimum atomic E-state index is 0.249. The summed E-state index contributed by atoms with van der Waals surface area (Å²) in [6, 6.07) is 1.80. The summed E-state index contributed by atoms with van der Waals surface area (Å²) in [6.07, 6.45) is 3.13. The molecular formula is C8H9N2O. The third-order valence-electron chi connectivity index (χ3n) is 1.64. The molecule has 57 valence electrons. The van der Waals surface area contributed by atoms with E-state index in [1.807, 2.05) is 6.54 Å². The van der Waals surface area contributed by atoms with Crippen LogP contribution in [-0.4, -0.2) is 28.1 Å². The molecule has 1 aliphatic heterocycles. The van der Waals surface area contributed by atoms with E-state index in [4.69, 9.17) is 0 Å². The molecule has 0 saturated carbocycles. The molecule has 0 amide bonds. The van der Waals surface area contributed by atoms with Crippen molar-refractivity contribution >= 4 is 0 Å². The van der Waals surface area contributed by atoms with Crippen LogP contribution in [0.5, 0.6) is 5.75 Å². The van der Waals surface area contributed by atoms with Gasteiger partial charge in [-0.2, -0.15) is 0 Å². The number of aromatic hydroxyl groups is 1. The van der Waals surface area contributed by atoms with E-state index in [1.165, 1.54) is 6.20 Å². The number of hydrogen-bond donors (Lipinski definition) is 1. The van der Waals surface area contributed by atoms with Crippen molar-refractivity contribution in [1.82, 2.24) is 9.88 Å². The largest absolute Gasteiger partial charge is 0.506 e. The molecule has 0 unspecified atom stereocenters. The van der Waals surface area contributed by atoms with Gasteiger partial charge in [0.25, 0.3) is 0 Å². The first-order valence-corrected chi connectivity index (χ1v) is 3.58. The van der Waals surface area contributed by atoms with Gasteiger partial charge >= 0.3 is 0 Å². The van der Waals surface area contributed by atoms with Crippen molar-refractivity contribution in [2.45, 2.75) is 0 Å². The van der Waals surface area contributed by atoms with Crippen molar-refractivity contribution in [2.24, 2.45) is 0 Å². The van der Waals surface area contributed by atoms with Crippen LogP contribution in [0, 0.1) is 6.54 Å². The summed E-state index contributed by atoms with van der Waals surface area (Å²) in [5.41, 5.74) is 0.845. The number of nitrogens with zero attached hydrogens (tertiary/aromatic N) is 2. The molecule has 3 heteroatoms. The first kappa shape index (κ1) is 6.61. The van der Waals surface area contributed by atoms with E-state index in [2.05, 4.69) is 9.88 Å². The highest BCUT2D eigenvalue weighted by molar-refractivity contribution is 5.34. The van der Waals surface area contributed by atoms with E-state index < -0.39 is 0 Å². The van der Waals surface area contributed by atoms with Crippen molar-refractivity contribution in [2.75, 3.05) is 13.1 Å². The molecule has 2 heterocycles. The zero-order chi connectivity index (χ0) is 7.68. The van der Waals surface area contributed by atoms with E-state index in [-0.39, 0.29) is 5.75 Å².